The summed E-state index contributed by atoms with van der Waals surface area (Å²) in [5, 5.41) is 6.67. The normalized spacial score (nSPS) is 21.7. The van der Waals surface area contributed by atoms with E-state index in [2.05, 4.69) is 10.4 Å². The minimum atomic E-state index is -0.442. The number of carbonyl (C=O) groups excluding carboxylic acids is 2. The molecule has 7 nitrogen and oxygen atoms in total. The van der Waals surface area contributed by atoms with Crippen LogP contribution in [0.1, 0.15) is 36.0 Å². The van der Waals surface area contributed by atoms with Gasteiger partial charge in [-0.05, 0) is 19.3 Å². The minimum absolute atomic E-state index is 0.00728. The summed E-state index contributed by atoms with van der Waals surface area (Å²) < 4.78 is 7.32. The summed E-state index contributed by atoms with van der Waals surface area (Å²) in [5.41, 5.74) is 0.142. The summed E-state index contributed by atoms with van der Waals surface area (Å²) >= 11 is 0. The highest BCUT2D eigenvalue weighted by Crippen LogP contribution is 2.30. The maximum absolute atomic E-state index is 12.5. The molecule has 2 heterocycles. The molecule has 0 aromatic carbocycles. The zero-order valence-corrected chi connectivity index (χ0v) is 13.5. The Labute approximate surface area is 130 Å². The molecule has 0 aliphatic carbocycles. The van der Waals surface area contributed by atoms with Gasteiger partial charge >= 0.3 is 0 Å². The van der Waals surface area contributed by atoms with Crippen molar-refractivity contribution in [3.05, 3.63) is 18.0 Å². The molecule has 22 heavy (non-hydrogen) atoms. The average molecular weight is 308 g/mol. The van der Waals surface area contributed by atoms with Gasteiger partial charge in [-0.15, -0.1) is 0 Å². The predicted octanol–water partition coefficient (Wildman–Crippen LogP) is 0.567. The third-order valence-electron chi connectivity index (χ3n) is 4.30. The summed E-state index contributed by atoms with van der Waals surface area (Å²) in [5.74, 6) is -0.0405. The number of methoxy groups -OCH3 is 1. The van der Waals surface area contributed by atoms with Gasteiger partial charge in [0, 0.05) is 46.9 Å². The van der Waals surface area contributed by atoms with Gasteiger partial charge in [0.15, 0.2) is 0 Å². The lowest BCUT2D eigenvalue weighted by Gasteiger charge is -2.41. The molecule has 0 saturated carbocycles. The number of carbonyl (C=O) groups is 2. The molecule has 1 aliphatic rings. The van der Waals surface area contributed by atoms with E-state index >= 15 is 0 Å². The van der Waals surface area contributed by atoms with E-state index in [-0.39, 0.29) is 11.8 Å². The van der Waals surface area contributed by atoms with Crippen LogP contribution >= 0.6 is 0 Å². The maximum atomic E-state index is 12.5. The number of rotatable bonds is 5. The predicted molar refractivity (Wildman–Crippen MR) is 81.4 cm³/mol. The Kier molecular flexibility index (Phi) is 5.18. The molecule has 7 heteroatoms. The first-order chi connectivity index (χ1) is 10.5. The monoisotopic (exact) mass is 308 g/mol. The molecule has 2 rings (SSSR count). The van der Waals surface area contributed by atoms with Crippen LogP contribution in [0, 0.1) is 0 Å². The molecule has 1 aliphatic heterocycles. The number of piperidine rings is 1. The molecule has 1 N–H and O–H groups in total. The topological polar surface area (TPSA) is 76.5 Å². The Morgan fingerprint density at radius 2 is 2.27 bits per heavy atom. The fourth-order valence-electron chi connectivity index (χ4n) is 2.92. The second-order valence-electron chi connectivity index (χ2n) is 5.79. The van der Waals surface area contributed by atoms with Crippen molar-refractivity contribution >= 4 is 11.8 Å². The highest BCUT2D eigenvalue weighted by atomic mass is 16.5. The molecule has 2 amide bonds. The molecule has 1 fully saturated rings. The van der Waals surface area contributed by atoms with Crippen LogP contribution in [-0.2, 0) is 16.6 Å². The maximum Gasteiger partial charge on any atom is 0.257 e. The number of aromatic nitrogens is 2. The van der Waals surface area contributed by atoms with Crippen molar-refractivity contribution in [1.29, 1.82) is 0 Å². The van der Waals surface area contributed by atoms with Gasteiger partial charge in [0.05, 0.1) is 17.4 Å². The largest absolute Gasteiger partial charge is 0.376 e. The number of hydrogen-bond donors (Lipinski definition) is 1. The lowest BCUT2D eigenvalue weighted by molar-refractivity contribution is -0.123. The van der Waals surface area contributed by atoms with Gasteiger partial charge in [0.1, 0.15) is 0 Å². The summed E-state index contributed by atoms with van der Waals surface area (Å²) in [7, 11) is 5.07. The number of likely N-dealkylation sites (tertiary alicyclic amines) is 1. The molecule has 1 aromatic heterocycles. The van der Waals surface area contributed by atoms with E-state index in [1.807, 2.05) is 0 Å². The number of ether oxygens (including phenoxy) is 1. The molecular formula is C15H24N4O3. The highest BCUT2D eigenvalue weighted by Gasteiger charge is 2.37. The van der Waals surface area contributed by atoms with E-state index in [1.54, 1.807) is 43.2 Å². The van der Waals surface area contributed by atoms with E-state index in [4.69, 9.17) is 4.74 Å². The Morgan fingerprint density at radius 1 is 1.50 bits per heavy atom. The first-order valence-corrected chi connectivity index (χ1v) is 7.53. The van der Waals surface area contributed by atoms with Crippen molar-refractivity contribution in [3.8, 4) is 0 Å². The van der Waals surface area contributed by atoms with Crippen molar-refractivity contribution < 1.29 is 14.3 Å². The molecule has 0 bridgehead atoms. The summed E-state index contributed by atoms with van der Waals surface area (Å²) in [6, 6.07) is 0. The summed E-state index contributed by atoms with van der Waals surface area (Å²) in [6.45, 7) is 1.22. The van der Waals surface area contributed by atoms with Gasteiger partial charge < -0.3 is 15.0 Å². The Balaban J connectivity index is 2.05. The van der Waals surface area contributed by atoms with Gasteiger partial charge in [0.25, 0.3) is 5.91 Å². The standard InChI is InChI=1S/C15H24N4O3/c1-16-13(20)5-7-15(22-3)6-4-8-19(11-15)14(21)12-9-17-18(2)10-12/h9-10H,4-8,11H2,1-3H3,(H,16,20). The molecule has 1 saturated heterocycles. The van der Waals surface area contributed by atoms with E-state index < -0.39 is 5.60 Å². The molecular weight excluding hydrogens is 284 g/mol. The van der Waals surface area contributed by atoms with Crippen LogP contribution in [-0.4, -0.2) is 59.3 Å². The molecule has 0 spiro atoms. The van der Waals surface area contributed by atoms with Crippen molar-refractivity contribution in [2.75, 3.05) is 27.2 Å². The molecule has 1 atom stereocenters. The van der Waals surface area contributed by atoms with Crippen molar-refractivity contribution in [1.82, 2.24) is 20.0 Å². The average Bonchev–Trinajstić information content (AvgIpc) is 2.98. The van der Waals surface area contributed by atoms with Gasteiger partial charge in [-0.1, -0.05) is 0 Å². The first-order valence-electron chi connectivity index (χ1n) is 7.53. The number of hydrogen-bond acceptors (Lipinski definition) is 4. The van der Waals surface area contributed by atoms with Crippen LogP contribution < -0.4 is 5.32 Å². The lowest BCUT2D eigenvalue weighted by Crippen LogP contribution is -2.51. The molecule has 1 unspecified atom stereocenters. The SMILES string of the molecule is CNC(=O)CCC1(OC)CCCN(C(=O)c2cnn(C)c2)C1. The fourth-order valence-corrected chi connectivity index (χ4v) is 2.92. The molecule has 0 radical (unpaired) electrons. The van der Waals surface area contributed by atoms with Crippen LogP contribution in [0.2, 0.25) is 0 Å². The zero-order valence-electron chi connectivity index (χ0n) is 13.5. The second-order valence-corrected chi connectivity index (χ2v) is 5.79. The zero-order chi connectivity index (χ0) is 16.2. The summed E-state index contributed by atoms with van der Waals surface area (Å²) in [4.78, 5) is 25.8. The number of nitrogens with zero attached hydrogens (tertiary/aromatic N) is 3. The second kappa shape index (κ2) is 6.91. The summed E-state index contributed by atoms with van der Waals surface area (Å²) in [6.07, 6.45) is 6.04. The van der Waals surface area contributed by atoms with Crippen molar-refractivity contribution in [3.63, 3.8) is 0 Å². The Morgan fingerprint density at radius 3 is 2.86 bits per heavy atom. The first kappa shape index (κ1) is 16.5. The van der Waals surface area contributed by atoms with Gasteiger partial charge in [-0.2, -0.15) is 5.10 Å². The van der Waals surface area contributed by atoms with Gasteiger partial charge in [-0.25, -0.2) is 0 Å². The van der Waals surface area contributed by atoms with Gasteiger partial charge in [0.2, 0.25) is 5.91 Å². The number of amides is 2. The van der Waals surface area contributed by atoms with Crippen molar-refractivity contribution in [2.24, 2.45) is 7.05 Å². The highest BCUT2D eigenvalue weighted by molar-refractivity contribution is 5.93. The van der Waals surface area contributed by atoms with Gasteiger partial charge in [-0.3, -0.25) is 14.3 Å². The van der Waals surface area contributed by atoms with E-state index in [0.717, 1.165) is 12.8 Å². The smallest absolute Gasteiger partial charge is 0.257 e. The fraction of sp³-hybridized carbons (Fsp3) is 0.667. The van der Waals surface area contributed by atoms with Crippen LogP contribution in [0.15, 0.2) is 12.4 Å². The molecule has 122 valence electrons. The minimum Gasteiger partial charge on any atom is -0.376 e. The van der Waals surface area contributed by atoms with E-state index in [0.29, 0.717) is 31.5 Å². The number of aryl methyl sites for hydroxylation is 1. The third kappa shape index (κ3) is 3.65. The number of nitrogens with one attached hydrogen (secondary N) is 1. The molecule has 1 aromatic rings. The van der Waals surface area contributed by atoms with Crippen molar-refractivity contribution in [2.45, 2.75) is 31.3 Å². The van der Waals surface area contributed by atoms with Crippen LogP contribution in [0.4, 0.5) is 0 Å². The Hall–Kier alpha value is -1.89. The Bertz CT molecular complexity index is 543. The van der Waals surface area contributed by atoms with Crippen LogP contribution in [0.3, 0.4) is 0 Å². The lowest BCUT2D eigenvalue weighted by atomic mass is 9.87. The van der Waals surface area contributed by atoms with E-state index in [9.17, 15) is 9.59 Å². The quantitative estimate of drug-likeness (QED) is 0.862. The van der Waals surface area contributed by atoms with Crippen LogP contribution in [0.25, 0.3) is 0 Å². The van der Waals surface area contributed by atoms with E-state index in [1.165, 1.54) is 0 Å². The third-order valence-corrected chi connectivity index (χ3v) is 4.30. The van der Waals surface area contributed by atoms with Crippen LogP contribution in [0.5, 0.6) is 0 Å².